The molecule has 86 valence electrons. The summed E-state index contributed by atoms with van der Waals surface area (Å²) in [7, 11) is 0.524. The van der Waals surface area contributed by atoms with E-state index in [2.05, 4.69) is 50.0 Å². The van der Waals surface area contributed by atoms with Crippen LogP contribution in [0.4, 0.5) is 0 Å². The number of ether oxygens (including phenoxy) is 1. The van der Waals surface area contributed by atoms with Crippen molar-refractivity contribution in [3.63, 3.8) is 0 Å². The van der Waals surface area contributed by atoms with Crippen LogP contribution in [0.1, 0.15) is 17.0 Å². The van der Waals surface area contributed by atoms with Gasteiger partial charge in [0.15, 0.2) is 0 Å². The summed E-state index contributed by atoms with van der Waals surface area (Å²) in [6.07, 6.45) is 4.51. The SMILES string of the molecule is COCC1C=Cc2cccc([Si](C)(C)C)c21. The van der Waals surface area contributed by atoms with Crippen molar-refractivity contribution in [3.8, 4) is 0 Å². The molecule has 0 aliphatic heterocycles. The maximum Gasteiger partial charge on any atom is 0.0780 e. The summed E-state index contributed by atoms with van der Waals surface area (Å²) in [5.74, 6) is 0.461. The van der Waals surface area contributed by atoms with E-state index < -0.39 is 8.07 Å². The second-order valence-corrected chi connectivity index (χ2v) is 10.5. The highest BCUT2D eigenvalue weighted by Crippen LogP contribution is 2.30. The summed E-state index contributed by atoms with van der Waals surface area (Å²) in [4.78, 5) is 0. The molecule has 0 N–H and O–H groups in total. The van der Waals surface area contributed by atoms with Crippen molar-refractivity contribution in [1.29, 1.82) is 0 Å². The number of hydrogen-bond acceptors (Lipinski definition) is 1. The quantitative estimate of drug-likeness (QED) is 0.728. The van der Waals surface area contributed by atoms with Gasteiger partial charge in [-0.15, -0.1) is 0 Å². The van der Waals surface area contributed by atoms with Crippen molar-refractivity contribution in [2.75, 3.05) is 13.7 Å². The molecule has 0 aromatic heterocycles. The first kappa shape index (κ1) is 11.6. The normalized spacial score (nSPS) is 18.9. The molecule has 1 unspecified atom stereocenters. The number of fused-ring (bicyclic) bond motifs is 1. The van der Waals surface area contributed by atoms with Gasteiger partial charge in [-0.3, -0.25) is 0 Å². The minimum Gasteiger partial charge on any atom is -0.384 e. The molecule has 0 bridgehead atoms. The number of hydrogen-bond donors (Lipinski definition) is 0. The lowest BCUT2D eigenvalue weighted by atomic mass is 10.0. The van der Waals surface area contributed by atoms with Crippen molar-refractivity contribution in [3.05, 3.63) is 35.4 Å². The van der Waals surface area contributed by atoms with Gasteiger partial charge in [0, 0.05) is 13.0 Å². The van der Waals surface area contributed by atoms with Crippen LogP contribution in [0.5, 0.6) is 0 Å². The van der Waals surface area contributed by atoms with Crippen molar-refractivity contribution >= 4 is 19.3 Å². The number of rotatable bonds is 3. The Hall–Kier alpha value is -0.863. The maximum absolute atomic E-state index is 5.31. The lowest BCUT2D eigenvalue weighted by Crippen LogP contribution is -2.41. The average molecular weight is 232 g/mol. The Bertz CT molecular complexity index is 415. The fourth-order valence-corrected chi connectivity index (χ4v) is 4.16. The van der Waals surface area contributed by atoms with Gasteiger partial charge < -0.3 is 4.74 Å². The van der Waals surface area contributed by atoms with Gasteiger partial charge in [-0.2, -0.15) is 0 Å². The standard InChI is InChI=1S/C14H20OSi/c1-15-10-12-9-8-11-6-5-7-13(14(11)12)16(2,3)4/h5-9,12H,10H2,1-4H3. The van der Waals surface area contributed by atoms with Crippen LogP contribution >= 0.6 is 0 Å². The molecule has 0 amide bonds. The van der Waals surface area contributed by atoms with Crippen LogP contribution < -0.4 is 5.19 Å². The first-order chi connectivity index (χ1) is 7.54. The average Bonchev–Trinajstić information content (AvgIpc) is 2.61. The predicted molar refractivity (Wildman–Crippen MR) is 73.1 cm³/mol. The summed E-state index contributed by atoms with van der Waals surface area (Å²) in [6, 6.07) is 6.71. The van der Waals surface area contributed by atoms with Crippen LogP contribution in [-0.4, -0.2) is 21.8 Å². The van der Waals surface area contributed by atoms with Gasteiger partial charge in [0.05, 0.1) is 14.7 Å². The van der Waals surface area contributed by atoms with Crippen LogP contribution in [-0.2, 0) is 4.74 Å². The monoisotopic (exact) mass is 232 g/mol. The van der Waals surface area contributed by atoms with E-state index in [9.17, 15) is 0 Å². The molecule has 16 heavy (non-hydrogen) atoms. The van der Waals surface area contributed by atoms with Crippen molar-refractivity contribution in [2.24, 2.45) is 0 Å². The van der Waals surface area contributed by atoms with Crippen LogP contribution in [0.25, 0.3) is 6.08 Å². The molecule has 1 nitrogen and oxygen atoms in total. The highest BCUT2D eigenvalue weighted by Gasteiger charge is 2.27. The molecule has 1 aromatic carbocycles. The van der Waals surface area contributed by atoms with Crippen LogP contribution in [0, 0.1) is 0 Å². The molecule has 2 heteroatoms. The van der Waals surface area contributed by atoms with E-state index in [0.717, 1.165) is 6.61 Å². The molecule has 1 atom stereocenters. The summed E-state index contributed by atoms with van der Waals surface area (Å²) in [5, 5.41) is 1.58. The first-order valence-electron chi connectivity index (χ1n) is 5.84. The minimum atomic E-state index is -1.26. The molecular formula is C14H20OSi. The van der Waals surface area contributed by atoms with Crippen molar-refractivity contribution < 1.29 is 4.74 Å². The molecule has 1 aliphatic rings. The fourth-order valence-electron chi connectivity index (χ4n) is 2.43. The molecule has 0 spiro atoms. The Morgan fingerprint density at radius 2 is 2.00 bits per heavy atom. The van der Waals surface area contributed by atoms with E-state index in [0.29, 0.717) is 5.92 Å². The van der Waals surface area contributed by atoms with Gasteiger partial charge in [0.2, 0.25) is 0 Å². The van der Waals surface area contributed by atoms with Gasteiger partial charge in [-0.25, -0.2) is 0 Å². The molecule has 0 saturated heterocycles. The summed E-state index contributed by atoms with van der Waals surface area (Å²) >= 11 is 0. The van der Waals surface area contributed by atoms with Crippen LogP contribution in [0.15, 0.2) is 24.3 Å². The summed E-state index contributed by atoms with van der Waals surface area (Å²) in [6.45, 7) is 8.02. The Morgan fingerprint density at radius 3 is 2.62 bits per heavy atom. The smallest absolute Gasteiger partial charge is 0.0780 e. The molecule has 0 radical (unpaired) electrons. The van der Waals surface area contributed by atoms with E-state index in [-0.39, 0.29) is 0 Å². The fraction of sp³-hybridized carbons (Fsp3) is 0.429. The molecule has 2 rings (SSSR count). The Morgan fingerprint density at radius 1 is 1.25 bits per heavy atom. The number of benzene rings is 1. The second-order valence-electron chi connectivity index (χ2n) is 5.48. The molecular weight excluding hydrogens is 212 g/mol. The molecule has 0 heterocycles. The van der Waals surface area contributed by atoms with Gasteiger partial charge in [0.1, 0.15) is 0 Å². The van der Waals surface area contributed by atoms with Crippen molar-refractivity contribution in [1.82, 2.24) is 0 Å². The first-order valence-corrected chi connectivity index (χ1v) is 9.34. The van der Waals surface area contributed by atoms with E-state index in [1.54, 1.807) is 12.3 Å². The van der Waals surface area contributed by atoms with Gasteiger partial charge >= 0.3 is 0 Å². The minimum absolute atomic E-state index is 0.461. The van der Waals surface area contributed by atoms with Gasteiger partial charge in [-0.05, 0) is 11.1 Å². The summed E-state index contributed by atoms with van der Waals surface area (Å²) in [5.41, 5.74) is 2.91. The lowest BCUT2D eigenvalue weighted by molar-refractivity contribution is 0.192. The van der Waals surface area contributed by atoms with Crippen LogP contribution in [0.3, 0.4) is 0 Å². The molecule has 1 aliphatic carbocycles. The van der Waals surface area contributed by atoms with Gasteiger partial charge in [-0.1, -0.05) is 55.2 Å². The highest BCUT2D eigenvalue weighted by atomic mass is 28.3. The van der Waals surface area contributed by atoms with E-state index in [1.807, 2.05) is 0 Å². The zero-order valence-corrected chi connectivity index (χ0v) is 11.6. The third kappa shape index (κ3) is 2.00. The van der Waals surface area contributed by atoms with Crippen LogP contribution in [0.2, 0.25) is 19.6 Å². The third-order valence-electron chi connectivity index (χ3n) is 3.17. The zero-order chi connectivity index (χ0) is 11.8. The third-order valence-corrected chi connectivity index (χ3v) is 5.22. The van der Waals surface area contributed by atoms with E-state index in [1.165, 1.54) is 11.1 Å². The summed E-state index contributed by atoms with van der Waals surface area (Å²) < 4.78 is 5.31. The van der Waals surface area contributed by atoms with E-state index >= 15 is 0 Å². The number of methoxy groups -OCH3 is 1. The molecule has 0 saturated carbocycles. The molecule has 1 aromatic rings. The largest absolute Gasteiger partial charge is 0.384 e. The Balaban J connectivity index is 2.48. The zero-order valence-electron chi connectivity index (χ0n) is 10.6. The Kier molecular flexibility index (Phi) is 3.04. The highest BCUT2D eigenvalue weighted by molar-refractivity contribution is 6.89. The van der Waals surface area contributed by atoms with E-state index in [4.69, 9.17) is 4.74 Å². The lowest BCUT2D eigenvalue weighted by Gasteiger charge is -2.24. The second kappa shape index (κ2) is 4.19. The Labute approximate surface area is 99.2 Å². The maximum atomic E-state index is 5.31. The molecule has 0 fully saturated rings. The topological polar surface area (TPSA) is 9.23 Å². The van der Waals surface area contributed by atoms with Crippen molar-refractivity contribution in [2.45, 2.75) is 25.6 Å². The van der Waals surface area contributed by atoms with Gasteiger partial charge in [0.25, 0.3) is 0 Å². The predicted octanol–water partition coefficient (Wildman–Crippen LogP) is 2.99.